The molecule has 0 amide bonds. The Balaban J connectivity index is 0.00000101. The van der Waals surface area contributed by atoms with Crippen molar-refractivity contribution >= 4 is 11.4 Å². The number of rotatable bonds is 12. The Morgan fingerprint density at radius 3 is 1.95 bits per heavy atom. The molecule has 0 unspecified atom stereocenters. The highest BCUT2D eigenvalue weighted by atomic mass is 19.1. The first-order valence-electron chi connectivity index (χ1n) is 14.1. The predicted octanol–water partition coefficient (Wildman–Crippen LogP) is 11.3. The molecule has 1 aliphatic rings. The van der Waals surface area contributed by atoms with Gasteiger partial charge in [-0.1, -0.05) is 76.9 Å². The highest BCUT2D eigenvalue weighted by Crippen LogP contribution is 2.30. The zero-order valence-electron chi connectivity index (χ0n) is 26.0. The Hall–Kier alpha value is -3.33. The van der Waals surface area contributed by atoms with Gasteiger partial charge in [0.25, 0.3) is 0 Å². The standard InChI is InChI=1S/C25H34N2.C8H13F.C3H6/c1-9-23(16(3)4)18(6)24(10-2)20(8)27-25-15-21(12-11-17(25)5)19(7)26-22-13-14-22;1-4-7(5-2)8(9)6-3;1-3-2/h9,11-12,15,22,26-27H,3,7-8,10,13-14H2,1-2,4-6H3;6H,3-5H2,1-2H3;3H,1H2,2H3/b23-9-,24-18+;;. The summed E-state index contributed by atoms with van der Waals surface area (Å²) in [5.74, 6) is -0.153. The lowest BCUT2D eigenvalue weighted by atomic mass is 9.93. The third kappa shape index (κ3) is 12.4. The molecule has 0 aromatic heterocycles. The first kappa shape index (κ1) is 35.7. The topological polar surface area (TPSA) is 24.1 Å². The second-order valence-corrected chi connectivity index (χ2v) is 9.74. The van der Waals surface area contributed by atoms with Crippen molar-refractivity contribution in [3.8, 4) is 0 Å². The zero-order valence-corrected chi connectivity index (χ0v) is 26.0. The molecule has 0 aliphatic heterocycles. The van der Waals surface area contributed by atoms with Gasteiger partial charge in [0.15, 0.2) is 0 Å². The van der Waals surface area contributed by atoms with Gasteiger partial charge in [0.05, 0.1) is 0 Å². The van der Waals surface area contributed by atoms with Crippen LogP contribution in [0.5, 0.6) is 0 Å². The molecule has 0 bridgehead atoms. The van der Waals surface area contributed by atoms with Crippen molar-refractivity contribution in [2.75, 3.05) is 5.32 Å². The first-order valence-corrected chi connectivity index (χ1v) is 14.1. The Morgan fingerprint density at radius 2 is 1.56 bits per heavy atom. The maximum Gasteiger partial charge on any atom is 0.121 e. The summed E-state index contributed by atoms with van der Waals surface area (Å²) in [5, 5.41) is 7.03. The predicted molar refractivity (Wildman–Crippen MR) is 175 cm³/mol. The van der Waals surface area contributed by atoms with Crippen molar-refractivity contribution in [2.24, 2.45) is 0 Å². The van der Waals surface area contributed by atoms with Crippen molar-refractivity contribution < 1.29 is 4.39 Å². The molecule has 0 radical (unpaired) electrons. The van der Waals surface area contributed by atoms with Gasteiger partial charge in [-0.25, -0.2) is 4.39 Å². The van der Waals surface area contributed by atoms with Crippen LogP contribution in [0.3, 0.4) is 0 Å². The van der Waals surface area contributed by atoms with Crippen molar-refractivity contribution in [3.05, 3.63) is 120 Å². The number of allylic oxidation sites excluding steroid dienone is 9. The van der Waals surface area contributed by atoms with E-state index >= 15 is 0 Å². The van der Waals surface area contributed by atoms with Gasteiger partial charge in [0.2, 0.25) is 0 Å². The Bertz CT molecular complexity index is 1100. The number of hydrogen-bond donors (Lipinski definition) is 2. The van der Waals surface area contributed by atoms with Crippen LogP contribution in [-0.4, -0.2) is 6.04 Å². The van der Waals surface area contributed by atoms with E-state index < -0.39 is 0 Å². The van der Waals surface area contributed by atoms with Crippen molar-refractivity contribution in [1.29, 1.82) is 0 Å². The molecule has 1 saturated carbocycles. The average Bonchev–Trinajstić information content (AvgIpc) is 3.71. The van der Waals surface area contributed by atoms with Crippen molar-refractivity contribution in [1.82, 2.24) is 5.32 Å². The number of aryl methyl sites for hydroxylation is 1. The van der Waals surface area contributed by atoms with Crippen LogP contribution < -0.4 is 10.6 Å². The molecule has 39 heavy (non-hydrogen) atoms. The van der Waals surface area contributed by atoms with Crippen LogP contribution in [0.2, 0.25) is 0 Å². The highest BCUT2D eigenvalue weighted by Gasteiger charge is 2.21. The SMILES string of the molecule is C=C(C)C(=C/C)/C(C)=C(\CC)C(=C)Nc1cc(C(=C)NC2CC2)ccc1C.C=CC.C=CC(F)=C(CC)CC. The lowest BCUT2D eigenvalue weighted by Crippen LogP contribution is -2.13. The van der Waals surface area contributed by atoms with E-state index in [1.807, 2.05) is 20.8 Å². The van der Waals surface area contributed by atoms with Gasteiger partial charge >= 0.3 is 0 Å². The van der Waals surface area contributed by atoms with E-state index in [1.54, 1.807) is 6.08 Å². The quantitative estimate of drug-likeness (QED) is 0.207. The second kappa shape index (κ2) is 18.8. The minimum absolute atomic E-state index is 0.153. The first-order chi connectivity index (χ1) is 18.4. The van der Waals surface area contributed by atoms with Crippen LogP contribution >= 0.6 is 0 Å². The largest absolute Gasteiger partial charge is 0.382 e. The van der Waals surface area contributed by atoms with Crippen molar-refractivity contribution in [3.63, 3.8) is 0 Å². The molecule has 1 aromatic rings. The maximum absolute atomic E-state index is 12.6. The Labute approximate surface area is 239 Å². The normalized spacial score (nSPS) is 12.8. The summed E-state index contributed by atoms with van der Waals surface area (Å²) in [6.07, 6.45) is 10.1. The highest BCUT2D eigenvalue weighted by molar-refractivity contribution is 5.70. The summed E-state index contributed by atoms with van der Waals surface area (Å²) in [4.78, 5) is 0. The smallest absolute Gasteiger partial charge is 0.121 e. The summed E-state index contributed by atoms with van der Waals surface area (Å²) in [6.45, 7) is 35.7. The van der Waals surface area contributed by atoms with E-state index in [0.29, 0.717) is 6.04 Å². The number of anilines is 1. The second-order valence-electron chi connectivity index (χ2n) is 9.74. The molecule has 2 N–H and O–H groups in total. The van der Waals surface area contributed by atoms with Crippen LogP contribution in [0.25, 0.3) is 5.70 Å². The Kier molecular flexibility index (Phi) is 17.2. The summed E-state index contributed by atoms with van der Waals surface area (Å²) in [7, 11) is 0. The molecule has 2 rings (SSSR count). The van der Waals surface area contributed by atoms with Gasteiger partial charge < -0.3 is 10.6 Å². The van der Waals surface area contributed by atoms with Crippen LogP contribution in [0.1, 0.15) is 91.7 Å². The molecule has 0 saturated heterocycles. The number of hydrogen-bond acceptors (Lipinski definition) is 2. The lowest BCUT2D eigenvalue weighted by Gasteiger charge is -2.20. The van der Waals surface area contributed by atoms with Gasteiger partial charge in [-0.15, -0.1) is 6.58 Å². The molecule has 3 heteroatoms. The van der Waals surface area contributed by atoms with E-state index in [1.165, 1.54) is 41.2 Å². The zero-order chi connectivity index (χ0) is 30.1. The van der Waals surface area contributed by atoms with Crippen LogP contribution in [0, 0.1) is 6.92 Å². The minimum atomic E-state index is -0.153. The fourth-order valence-electron chi connectivity index (χ4n) is 4.12. The Morgan fingerprint density at radius 1 is 1.00 bits per heavy atom. The molecular formula is C36H53FN2. The van der Waals surface area contributed by atoms with Crippen LogP contribution in [-0.2, 0) is 0 Å². The third-order valence-corrected chi connectivity index (χ3v) is 6.52. The van der Waals surface area contributed by atoms with Crippen LogP contribution in [0.15, 0.2) is 109 Å². The average molecular weight is 533 g/mol. The molecule has 1 aliphatic carbocycles. The molecule has 2 nitrogen and oxygen atoms in total. The number of nitrogens with one attached hydrogen (secondary N) is 2. The van der Waals surface area contributed by atoms with Gasteiger partial charge in [0, 0.05) is 23.1 Å². The molecule has 1 aromatic carbocycles. The van der Waals surface area contributed by atoms with Gasteiger partial charge in [-0.3, -0.25) is 0 Å². The van der Waals surface area contributed by atoms with Gasteiger partial charge in [0.1, 0.15) is 5.83 Å². The summed E-state index contributed by atoms with van der Waals surface area (Å²) in [6, 6.07) is 7.03. The monoisotopic (exact) mass is 532 g/mol. The summed E-state index contributed by atoms with van der Waals surface area (Å²) < 4.78 is 12.6. The molecule has 0 heterocycles. The number of halogens is 1. The lowest BCUT2D eigenvalue weighted by molar-refractivity contribution is 0.640. The van der Waals surface area contributed by atoms with Gasteiger partial charge in [-0.05, 0) is 112 Å². The number of benzene rings is 1. The molecular weight excluding hydrogens is 479 g/mol. The minimum Gasteiger partial charge on any atom is -0.382 e. The van der Waals surface area contributed by atoms with Gasteiger partial charge in [-0.2, -0.15) is 0 Å². The van der Waals surface area contributed by atoms with E-state index in [0.717, 1.165) is 53.1 Å². The summed E-state index contributed by atoms with van der Waals surface area (Å²) >= 11 is 0. The van der Waals surface area contributed by atoms with Crippen LogP contribution in [0.4, 0.5) is 10.1 Å². The third-order valence-electron chi connectivity index (χ3n) is 6.52. The molecule has 1 fully saturated rings. The van der Waals surface area contributed by atoms with E-state index in [4.69, 9.17) is 0 Å². The molecule has 0 atom stereocenters. The van der Waals surface area contributed by atoms with E-state index in [2.05, 4.69) is 102 Å². The summed E-state index contributed by atoms with van der Waals surface area (Å²) in [5.41, 5.74) is 10.9. The fraction of sp³-hybridized carbons (Fsp3) is 0.389. The van der Waals surface area contributed by atoms with E-state index in [-0.39, 0.29) is 5.83 Å². The van der Waals surface area contributed by atoms with Crippen molar-refractivity contribution in [2.45, 2.75) is 93.5 Å². The fourth-order valence-corrected chi connectivity index (χ4v) is 4.12. The molecule has 214 valence electrons. The van der Waals surface area contributed by atoms with E-state index in [9.17, 15) is 4.39 Å². The molecule has 0 spiro atoms. The maximum atomic E-state index is 12.6.